The number of H-pyrrole nitrogens is 1. The van der Waals surface area contributed by atoms with Crippen molar-refractivity contribution in [1.82, 2.24) is 19.9 Å². The lowest BCUT2D eigenvalue weighted by Crippen LogP contribution is -2.33. The topological polar surface area (TPSA) is 66.5 Å². The first-order valence-electron chi connectivity index (χ1n) is 5.61. The Bertz CT molecular complexity index is 472. The Morgan fingerprint density at radius 3 is 2.69 bits per heavy atom. The zero-order chi connectivity index (χ0) is 11.6. The Morgan fingerprint density at radius 2 is 2.00 bits per heavy atom. The first kappa shape index (κ1) is 10.9. The van der Waals surface area contributed by atoms with Crippen LogP contribution in [-0.2, 0) is 0 Å². The number of aromatic nitrogens is 4. The molecule has 0 aliphatic rings. The van der Waals surface area contributed by atoms with Crippen molar-refractivity contribution in [1.29, 1.82) is 0 Å². The van der Waals surface area contributed by atoms with E-state index in [0.717, 1.165) is 24.2 Å². The molecule has 5 heteroatoms. The first-order valence-corrected chi connectivity index (χ1v) is 5.61. The summed E-state index contributed by atoms with van der Waals surface area (Å²) in [6.07, 6.45) is 5.27. The van der Waals surface area contributed by atoms with Crippen LogP contribution in [0.15, 0.2) is 12.7 Å². The third-order valence-electron chi connectivity index (χ3n) is 3.20. The smallest absolute Gasteiger partial charge is 0.182 e. The number of anilines is 1. The van der Waals surface area contributed by atoms with Crippen LogP contribution >= 0.6 is 0 Å². The fourth-order valence-electron chi connectivity index (χ4n) is 1.57. The zero-order valence-electron chi connectivity index (χ0n) is 9.91. The maximum absolute atomic E-state index is 4.27. The Kier molecular flexibility index (Phi) is 2.77. The molecular formula is C11H17N5. The average Bonchev–Trinajstić information content (AvgIpc) is 2.78. The quantitative estimate of drug-likeness (QED) is 0.828. The van der Waals surface area contributed by atoms with Gasteiger partial charge in [-0.1, -0.05) is 13.8 Å². The number of nitrogens with zero attached hydrogens (tertiary/aromatic N) is 3. The molecule has 16 heavy (non-hydrogen) atoms. The lowest BCUT2D eigenvalue weighted by molar-refractivity contribution is 0.477. The van der Waals surface area contributed by atoms with Crippen molar-refractivity contribution in [2.75, 3.05) is 5.32 Å². The van der Waals surface area contributed by atoms with Crippen molar-refractivity contribution in [3.8, 4) is 0 Å². The number of imidazole rings is 1. The maximum atomic E-state index is 4.27. The van der Waals surface area contributed by atoms with Crippen LogP contribution in [0.3, 0.4) is 0 Å². The maximum Gasteiger partial charge on any atom is 0.182 e. The number of hydrogen-bond acceptors (Lipinski definition) is 4. The van der Waals surface area contributed by atoms with Gasteiger partial charge in [0.05, 0.1) is 6.33 Å². The summed E-state index contributed by atoms with van der Waals surface area (Å²) in [6.45, 7) is 6.53. The highest BCUT2D eigenvalue weighted by atomic mass is 15.1. The van der Waals surface area contributed by atoms with Crippen LogP contribution in [0, 0.1) is 0 Å². The highest BCUT2D eigenvalue weighted by molar-refractivity contribution is 5.82. The van der Waals surface area contributed by atoms with Crippen LogP contribution in [0.1, 0.15) is 33.6 Å². The molecule has 0 unspecified atom stereocenters. The summed E-state index contributed by atoms with van der Waals surface area (Å²) in [5.74, 6) is 0.828. The summed E-state index contributed by atoms with van der Waals surface area (Å²) in [4.78, 5) is 15.5. The molecule has 2 aromatic heterocycles. The monoisotopic (exact) mass is 219 g/mol. The molecule has 0 fully saturated rings. The highest BCUT2D eigenvalue weighted by Crippen LogP contribution is 2.23. The minimum atomic E-state index is 0.0619. The molecule has 2 aromatic rings. The van der Waals surface area contributed by atoms with Crippen LogP contribution in [0.25, 0.3) is 11.2 Å². The number of rotatable bonds is 4. The molecule has 0 saturated heterocycles. The van der Waals surface area contributed by atoms with E-state index in [-0.39, 0.29) is 5.54 Å². The van der Waals surface area contributed by atoms with Gasteiger partial charge >= 0.3 is 0 Å². The minimum absolute atomic E-state index is 0.0619. The molecular weight excluding hydrogens is 202 g/mol. The molecule has 2 heterocycles. The van der Waals surface area contributed by atoms with Crippen molar-refractivity contribution >= 4 is 17.0 Å². The summed E-state index contributed by atoms with van der Waals surface area (Å²) >= 11 is 0. The third-order valence-corrected chi connectivity index (χ3v) is 3.20. The van der Waals surface area contributed by atoms with Gasteiger partial charge in [0.1, 0.15) is 11.8 Å². The second-order valence-electron chi connectivity index (χ2n) is 4.22. The predicted molar refractivity (Wildman–Crippen MR) is 64.3 cm³/mol. The number of fused-ring (bicyclic) bond motifs is 1. The second kappa shape index (κ2) is 4.08. The summed E-state index contributed by atoms with van der Waals surface area (Å²) in [5, 5.41) is 3.46. The molecule has 0 radical (unpaired) electrons. The molecule has 0 aromatic carbocycles. The number of nitrogens with one attached hydrogen (secondary N) is 2. The van der Waals surface area contributed by atoms with Gasteiger partial charge in [-0.05, 0) is 19.8 Å². The van der Waals surface area contributed by atoms with Gasteiger partial charge in [0.2, 0.25) is 0 Å². The van der Waals surface area contributed by atoms with Gasteiger partial charge in [-0.25, -0.2) is 15.0 Å². The molecule has 0 saturated carbocycles. The summed E-state index contributed by atoms with van der Waals surface area (Å²) in [7, 11) is 0. The van der Waals surface area contributed by atoms with Crippen molar-refractivity contribution in [2.24, 2.45) is 0 Å². The molecule has 0 aliphatic heterocycles. The summed E-state index contributed by atoms with van der Waals surface area (Å²) in [5.41, 5.74) is 1.63. The normalized spacial score (nSPS) is 11.9. The highest BCUT2D eigenvalue weighted by Gasteiger charge is 2.21. The molecule has 5 nitrogen and oxygen atoms in total. The molecule has 0 amide bonds. The van der Waals surface area contributed by atoms with Gasteiger partial charge in [0, 0.05) is 5.54 Å². The van der Waals surface area contributed by atoms with Crippen molar-refractivity contribution < 1.29 is 0 Å². The molecule has 0 spiro atoms. The Hall–Kier alpha value is -1.65. The predicted octanol–water partition coefficient (Wildman–Crippen LogP) is 2.34. The standard InChI is InChI=1S/C11H17N5/c1-4-11(3,5-2)16-10-8-9(13-6-12-8)14-7-15-10/h6-7H,4-5H2,1-3H3,(H2,12,13,14,15,16). The van der Waals surface area contributed by atoms with Crippen LogP contribution in [0.5, 0.6) is 0 Å². The molecule has 86 valence electrons. The van der Waals surface area contributed by atoms with E-state index in [2.05, 4.69) is 46.0 Å². The lowest BCUT2D eigenvalue weighted by atomic mass is 9.95. The van der Waals surface area contributed by atoms with E-state index in [1.807, 2.05) is 0 Å². The van der Waals surface area contributed by atoms with E-state index in [4.69, 9.17) is 0 Å². The van der Waals surface area contributed by atoms with Crippen LogP contribution in [-0.4, -0.2) is 25.5 Å². The van der Waals surface area contributed by atoms with Crippen molar-refractivity contribution in [3.05, 3.63) is 12.7 Å². The largest absolute Gasteiger partial charge is 0.363 e. The Labute approximate surface area is 94.7 Å². The van der Waals surface area contributed by atoms with Crippen molar-refractivity contribution in [2.45, 2.75) is 39.2 Å². The van der Waals surface area contributed by atoms with Gasteiger partial charge in [0.25, 0.3) is 0 Å². The molecule has 0 aliphatic carbocycles. The number of aromatic amines is 1. The van der Waals surface area contributed by atoms with Crippen LogP contribution in [0.4, 0.5) is 5.82 Å². The molecule has 2 rings (SSSR count). The van der Waals surface area contributed by atoms with E-state index in [9.17, 15) is 0 Å². The average molecular weight is 219 g/mol. The fraction of sp³-hybridized carbons (Fsp3) is 0.545. The van der Waals surface area contributed by atoms with E-state index in [0.29, 0.717) is 5.65 Å². The Balaban J connectivity index is 2.37. The molecule has 0 bridgehead atoms. The van der Waals surface area contributed by atoms with E-state index < -0.39 is 0 Å². The first-order chi connectivity index (χ1) is 7.68. The van der Waals surface area contributed by atoms with E-state index >= 15 is 0 Å². The van der Waals surface area contributed by atoms with Gasteiger partial charge in [-0.15, -0.1) is 0 Å². The number of hydrogen-bond donors (Lipinski definition) is 2. The lowest BCUT2D eigenvalue weighted by Gasteiger charge is -2.28. The third kappa shape index (κ3) is 1.85. The summed E-state index contributed by atoms with van der Waals surface area (Å²) < 4.78 is 0. The van der Waals surface area contributed by atoms with E-state index in [1.165, 1.54) is 6.33 Å². The molecule has 2 N–H and O–H groups in total. The fourth-order valence-corrected chi connectivity index (χ4v) is 1.57. The summed E-state index contributed by atoms with van der Waals surface area (Å²) in [6, 6.07) is 0. The van der Waals surface area contributed by atoms with Gasteiger partial charge in [-0.3, -0.25) is 0 Å². The van der Waals surface area contributed by atoms with Crippen molar-refractivity contribution in [3.63, 3.8) is 0 Å². The zero-order valence-corrected chi connectivity index (χ0v) is 9.91. The Morgan fingerprint density at radius 1 is 1.25 bits per heavy atom. The minimum Gasteiger partial charge on any atom is -0.363 e. The molecule has 0 atom stereocenters. The van der Waals surface area contributed by atoms with Crippen LogP contribution in [0.2, 0.25) is 0 Å². The van der Waals surface area contributed by atoms with Gasteiger partial charge in [-0.2, -0.15) is 0 Å². The van der Waals surface area contributed by atoms with E-state index in [1.54, 1.807) is 6.33 Å². The van der Waals surface area contributed by atoms with Gasteiger partial charge in [0.15, 0.2) is 11.5 Å². The van der Waals surface area contributed by atoms with Crippen LogP contribution < -0.4 is 5.32 Å². The second-order valence-corrected chi connectivity index (χ2v) is 4.22. The SMILES string of the molecule is CCC(C)(CC)Nc1ncnc2nc[nH]c12. The van der Waals surface area contributed by atoms with Gasteiger partial charge < -0.3 is 10.3 Å².